The van der Waals surface area contributed by atoms with Gasteiger partial charge in [0.15, 0.2) is 0 Å². The van der Waals surface area contributed by atoms with Crippen molar-refractivity contribution < 1.29 is 38.3 Å². The van der Waals surface area contributed by atoms with Crippen LogP contribution in [0, 0.1) is 22.7 Å². The minimum Gasteiger partial charge on any atom is -0.444 e. The van der Waals surface area contributed by atoms with Gasteiger partial charge in [0, 0.05) is 20.6 Å². The largest absolute Gasteiger partial charge is 0.444 e. The van der Waals surface area contributed by atoms with Gasteiger partial charge in [-0.2, -0.15) is 0 Å². The molecule has 1 aromatic rings. The summed E-state index contributed by atoms with van der Waals surface area (Å²) in [5, 5.41) is 10.5. The van der Waals surface area contributed by atoms with E-state index >= 15 is 0 Å². The SMILES string of the molecule is CCCC[C@@H](NC(=O)[C@@H]1C2CC(C)(C)CC2CN1C(=O)[C@@H](NC(=O)OC(C)(C)C)C(C)(C)C)C(=O)C(=O)NCC(=O)NC(C(=O)N(C)C)c1ccccc1. The van der Waals surface area contributed by atoms with Crippen molar-refractivity contribution in [3.05, 3.63) is 35.9 Å². The maximum Gasteiger partial charge on any atom is 0.408 e. The zero-order valence-electron chi connectivity index (χ0n) is 34.0. The number of hydrogen-bond acceptors (Lipinski definition) is 8. The molecule has 0 spiro atoms. The molecule has 6 atom stereocenters. The lowest BCUT2D eigenvalue weighted by atomic mass is 9.84. The molecular weight excluding hydrogens is 692 g/mol. The van der Waals surface area contributed by atoms with Crippen molar-refractivity contribution in [3.8, 4) is 0 Å². The number of ether oxygens (including phenoxy) is 1. The third-order valence-corrected chi connectivity index (χ3v) is 9.95. The number of nitrogens with zero attached hydrogens (tertiary/aromatic N) is 2. The third kappa shape index (κ3) is 11.8. The molecule has 0 radical (unpaired) electrons. The fraction of sp³-hybridized carbons (Fsp3) is 0.675. The Bertz CT molecular complexity index is 1550. The highest BCUT2D eigenvalue weighted by Crippen LogP contribution is 2.51. The number of hydrogen-bond donors (Lipinski definition) is 4. The van der Waals surface area contributed by atoms with Gasteiger partial charge in [-0.25, -0.2) is 4.79 Å². The molecule has 1 heterocycles. The van der Waals surface area contributed by atoms with Gasteiger partial charge >= 0.3 is 6.09 Å². The second kappa shape index (κ2) is 17.8. The predicted octanol–water partition coefficient (Wildman–Crippen LogP) is 3.50. The number of ketones is 1. The first-order valence-electron chi connectivity index (χ1n) is 18.9. The molecule has 14 nitrogen and oxygen atoms in total. The molecule has 54 heavy (non-hydrogen) atoms. The summed E-state index contributed by atoms with van der Waals surface area (Å²) in [6.45, 7) is 16.5. The Morgan fingerprint density at radius 2 is 1.56 bits per heavy atom. The molecule has 1 saturated carbocycles. The van der Waals surface area contributed by atoms with Gasteiger partial charge in [0.25, 0.3) is 5.91 Å². The number of Topliss-reactive ketones (excluding diaryl/α,β-unsaturated/α-hetero) is 1. The molecule has 1 aliphatic heterocycles. The minimum atomic E-state index is -1.21. The molecule has 1 aliphatic carbocycles. The van der Waals surface area contributed by atoms with Crippen molar-refractivity contribution >= 4 is 41.4 Å². The van der Waals surface area contributed by atoms with E-state index in [-0.39, 0.29) is 29.6 Å². The van der Waals surface area contributed by atoms with Crippen LogP contribution < -0.4 is 21.3 Å². The van der Waals surface area contributed by atoms with Crippen molar-refractivity contribution in [1.29, 1.82) is 0 Å². The zero-order valence-corrected chi connectivity index (χ0v) is 34.0. The first-order valence-corrected chi connectivity index (χ1v) is 18.9. The lowest BCUT2D eigenvalue weighted by Gasteiger charge is -2.37. The van der Waals surface area contributed by atoms with Crippen molar-refractivity contribution in [2.45, 2.75) is 124 Å². The van der Waals surface area contributed by atoms with E-state index in [1.807, 2.05) is 27.7 Å². The molecule has 1 aromatic carbocycles. The van der Waals surface area contributed by atoms with E-state index in [0.717, 1.165) is 6.42 Å². The summed E-state index contributed by atoms with van der Waals surface area (Å²) in [4.78, 5) is 97.1. The molecular formula is C40H62N6O8. The third-order valence-electron chi connectivity index (χ3n) is 9.95. The Morgan fingerprint density at radius 1 is 0.926 bits per heavy atom. The summed E-state index contributed by atoms with van der Waals surface area (Å²) < 4.78 is 5.47. The first-order chi connectivity index (χ1) is 25.0. The van der Waals surface area contributed by atoms with Crippen LogP contribution in [0.1, 0.15) is 106 Å². The van der Waals surface area contributed by atoms with Crippen LogP contribution in [0.4, 0.5) is 4.79 Å². The number of unbranched alkanes of at least 4 members (excludes halogenated alkanes) is 1. The van der Waals surface area contributed by atoms with E-state index in [1.54, 1.807) is 65.2 Å². The molecule has 2 fully saturated rings. The topological polar surface area (TPSA) is 183 Å². The molecule has 6 amide bonds. The van der Waals surface area contributed by atoms with Crippen LogP contribution >= 0.6 is 0 Å². The van der Waals surface area contributed by atoms with Gasteiger partial charge in [0.05, 0.1) is 12.6 Å². The van der Waals surface area contributed by atoms with Gasteiger partial charge in [0.1, 0.15) is 23.7 Å². The second-order valence-corrected chi connectivity index (χ2v) is 17.8. The summed E-state index contributed by atoms with van der Waals surface area (Å²) in [5.41, 5.74) is -1.05. The molecule has 300 valence electrons. The number of carbonyl (C=O) groups excluding carboxylic acids is 7. The normalized spacial score (nSPS) is 20.8. The zero-order chi connectivity index (χ0) is 40.8. The number of likely N-dealkylation sites (tertiary alicyclic amines) is 1. The van der Waals surface area contributed by atoms with E-state index in [9.17, 15) is 33.6 Å². The molecule has 4 N–H and O–H groups in total. The number of likely N-dealkylation sites (N-methyl/N-ethyl adjacent to an activating group) is 1. The van der Waals surface area contributed by atoms with Crippen molar-refractivity contribution in [1.82, 2.24) is 31.1 Å². The summed E-state index contributed by atoms with van der Waals surface area (Å²) in [7, 11) is 3.13. The van der Waals surface area contributed by atoms with Crippen LogP contribution in [-0.2, 0) is 33.5 Å². The van der Waals surface area contributed by atoms with Gasteiger partial charge < -0.3 is 35.8 Å². The highest BCUT2D eigenvalue weighted by molar-refractivity contribution is 6.38. The van der Waals surface area contributed by atoms with E-state index in [2.05, 4.69) is 35.1 Å². The summed E-state index contributed by atoms with van der Waals surface area (Å²) >= 11 is 0. The lowest BCUT2D eigenvalue weighted by molar-refractivity contribution is -0.145. The molecule has 1 saturated heterocycles. The maximum absolute atomic E-state index is 14.4. The molecule has 14 heteroatoms. The fourth-order valence-electron chi connectivity index (χ4n) is 7.46. The number of fused-ring (bicyclic) bond motifs is 1. The van der Waals surface area contributed by atoms with Crippen molar-refractivity contribution in [2.24, 2.45) is 22.7 Å². The number of rotatable bonds is 14. The average Bonchev–Trinajstić information content (AvgIpc) is 3.56. The monoisotopic (exact) mass is 754 g/mol. The maximum atomic E-state index is 14.4. The van der Waals surface area contributed by atoms with Crippen molar-refractivity contribution in [3.63, 3.8) is 0 Å². The van der Waals surface area contributed by atoms with Crippen LogP contribution in [0.3, 0.4) is 0 Å². The molecule has 3 rings (SSSR count). The van der Waals surface area contributed by atoms with E-state index in [1.165, 1.54) is 9.80 Å². The Morgan fingerprint density at radius 3 is 2.11 bits per heavy atom. The second-order valence-electron chi connectivity index (χ2n) is 17.8. The van der Waals surface area contributed by atoms with Crippen LogP contribution in [0.2, 0.25) is 0 Å². The molecule has 3 unspecified atom stereocenters. The molecule has 0 bridgehead atoms. The van der Waals surface area contributed by atoms with Gasteiger partial charge in [-0.3, -0.25) is 28.8 Å². The summed E-state index contributed by atoms with van der Waals surface area (Å²) in [5.74, 6) is -4.20. The summed E-state index contributed by atoms with van der Waals surface area (Å²) in [6.07, 6.45) is 2.08. The average molecular weight is 755 g/mol. The van der Waals surface area contributed by atoms with Crippen LogP contribution in [0.25, 0.3) is 0 Å². The Labute approximate surface area is 320 Å². The van der Waals surface area contributed by atoms with Crippen molar-refractivity contribution in [2.75, 3.05) is 27.2 Å². The Hall–Kier alpha value is -4.49. The van der Waals surface area contributed by atoms with E-state index in [4.69, 9.17) is 4.74 Å². The van der Waals surface area contributed by atoms with E-state index in [0.29, 0.717) is 31.4 Å². The molecule has 0 aromatic heterocycles. The minimum absolute atomic E-state index is 0.0209. The Balaban J connectivity index is 1.80. The van der Waals surface area contributed by atoms with Gasteiger partial charge in [0.2, 0.25) is 29.4 Å². The fourth-order valence-corrected chi connectivity index (χ4v) is 7.46. The number of nitrogens with one attached hydrogen (secondary N) is 4. The lowest BCUT2D eigenvalue weighted by Crippen LogP contribution is -2.60. The van der Waals surface area contributed by atoms with Crippen LogP contribution in [0.5, 0.6) is 0 Å². The standard InChI is InChI=1S/C40H62N6O8/c1-12-13-19-27(31(48)34(50)41-22-28(47)43-29(35(51)45(10)11)24-17-15-14-16-18-24)42-33(49)30-26-21-40(8,9)20-25(26)23-46(30)36(52)32(38(2,3)4)44-37(53)54-39(5,6)7/h14-18,25-27,29-30,32H,12-13,19-23H2,1-11H3,(H,41,50)(H,42,49)(H,43,47)(H,44,53)/t25?,26?,27-,29?,30+,32-/m1/s1. The van der Waals surface area contributed by atoms with Crippen LogP contribution in [-0.4, -0.2) is 102 Å². The van der Waals surface area contributed by atoms with Crippen LogP contribution in [0.15, 0.2) is 30.3 Å². The smallest absolute Gasteiger partial charge is 0.408 e. The molecule has 2 aliphatic rings. The number of benzene rings is 1. The number of carbonyl (C=O) groups is 7. The highest BCUT2D eigenvalue weighted by atomic mass is 16.6. The Kier molecular flexibility index (Phi) is 14.4. The van der Waals surface area contributed by atoms with E-state index < -0.39 is 77.2 Å². The summed E-state index contributed by atoms with van der Waals surface area (Å²) in [6, 6.07) is 4.48. The van der Waals surface area contributed by atoms with Gasteiger partial charge in [-0.1, -0.05) is 84.7 Å². The predicted molar refractivity (Wildman–Crippen MR) is 204 cm³/mol. The highest BCUT2D eigenvalue weighted by Gasteiger charge is 2.56. The first kappa shape index (κ1) is 43.9. The number of alkyl carbamates (subject to hydrolysis) is 1. The van der Waals surface area contributed by atoms with Gasteiger partial charge in [-0.05, 0) is 68.3 Å². The van der Waals surface area contributed by atoms with Gasteiger partial charge in [-0.15, -0.1) is 0 Å². The quantitative estimate of drug-likeness (QED) is 0.208. The number of amides is 6.